The Morgan fingerprint density at radius 2 is 0.889 bits per heavy atom. The topological polar surface area (TPSA) is 0 Å². The number of hydrogen-bond donors (Lipinski definition) is 0. The maximum atomic E-state index is 2.36. The number of halogens is 2. The van der Waals surface area contributed by atoms with E-state index < -0.39 is 0 Å². The van der Waals surface area contributed by atoms with Crippen LogP contribution in [0.3, 0.4) is 0 Å². The van der Waals surface area contributed by atoms with Crippen LogP contribution in [-0.2, 0) is 23.3 Å². The van der Waals surface area contributed by atoms with Crippen LogP contribution in [0.5, 0.6) is 0 Å². The van der Waals surface area contributed by atoms with Crippen LogP contribution < -0.4 is 24.8 Å². The molecule has 0 aliphatic carbocycles. The second kappa shape index (κ2) is 16.3. The Morgan fingerprint density at radius 3 is 1.14 bits per heavy atom. The molecule has 4 aromatic rings. The second-order valence-electron chi connectivity index (χ2n) is 10.9. The van der Waals surface area contributed by atoms with Crippen LogP contribution in [-0.4, -0.2) is 5.43 Å². The Hall–Kier alpha value is -0.660. The molecular weight excluding hydrogens is 575 g/mol. The van der Waals surface area contributed by atoms with Gasteiger partial charge in [0.1, 0.15) is 0 Å². The monoisotopic (exact) mass is 616 g/mol. The molecule has 0 aliphatic rings. The minimum absolute atomic E-state index is 0. The predicted octanol–water partition coefficient (Wildman–Crippen LogP) is 4.40. The van der Waals surface area contributed by atoms with Crippen LogP contribution in [0.1, 0.15) is 101 Å². The Labute approximate surface area is 248 Å². The molecule has 4 rings (SSSR count). The van der Waals surface area contributed by atoms with E-state index in [1.807, 2.05) is 0 Å². The van der Waals surface area contributed by atoms with E-state index >= 15 is 0 Å². The van der Waals surface area contributed by atoms with Crippen molar-refractivity contribution in [3.8, 4) is 0 Å². The molecule has 0 fully saturated rings. The van der Waals surface area contributed by atoms with Gasteiger partial charge < -0.3 is 24.8 Å². The van der Waals surface area contributed by atoms with Crippen LogP contribution in [0.2, 0.25) is 13.1 Å². The van der Waals surface area contributed by atoms with Gasteiger partial charge in [0.15, 0.2) is 0 Å². The van der Waals surface area contributed by atoms with Gasteiger partial charge in [0, 0.05) is 0 Å². The summed E-state index contributed by atoms with van der Waals surface area (Å²) in [6.07, 6.45) is 0. The summed E-state index contributed by atoms with van der Waals surface area (Å²) in [6, 6.07) is 22.6. The number of rotatable bonds is 4. The molecule has 4 aromatic carbocycles. The molecule has 4 heteroatoms. The largest absolute Gasteiger partial charge is 1.00 e. The summed E-state index contributed by atoms with van der Waals surface area (Å²) in [5.74, 6) is 2.46. The van der Waals surface area contributed by atoms with Crippen molar-refractivity contribution in [3.63, 3.8) is 0 Å². The fourth-order valence-corrected chi connectivity index (χ4v) is 4.24. The standard InChI is InChI=1S/2C15H19.C2H6Si.2ClH.Zr/c2*1-10(2)13-8-12-6-5-7-14(11(3)4)15(12)9-13;1-3-2;;;/h2*5-11H,1-4H3;1-2H3;2*1H;/q2*-1;;;;+2/p-2. The fraction of sp³-hybridized carbons (Fsp3) is 0.438. The third kappa shape index (κ3) is 9.90. The maximum Gasteiger partial charge on any atom is -1.00 e. The summed E-state index contributed by atoms with van der Waals surface area (Å²) in [6.45, 7) is 22.7. The molecule has 0 bridgehead atoms. The van der Waals surface area contributed by atoms with Crippen LogP contribution in [0.4, 0.5) is 0 Å². The third-order valence-electron chi connectivity index (χ3n) is 6.19. The molecule has 0 N–H and O–H groups in total. The normalized spacial score (nSPS) is 10.7. The van der Waals surface area contributed by atoms with Gasteiger partial charge in [-0.25, -0.2) is 0 Å². The van der Waals surface area contributed by atoms with Gasteiger partial charge in [-0.3, -0.25) is 0 Å². The van der Waals surface area contributed by atoms with Crippen LogP contribution in [0.15, 0.2) is 60.7 Å². The molecule has 0 heterocycles. The van der Waals surface area contributed by atoms with Crippen molar-refractivity contribution in [1.29, 1.82) is 0 Å². The van der Waals surface area contributed by atoms with Crippen LogP contribution in [0, 0.1) is 0 Å². The fourth-order valence-electron chi connectivity index (χ4n) is 4.24. The van der Waals surface area contributed by atoms with Gasteiger partial charge in [0.2, 0.25) is 0 Å². The van der Waals surface area contributed by atoms with E-state index in [0.29, 0.717) is 23.7 Å². The van der Waals surface area contributed by atoms with Gasteiger partial charge in [-0.15, -0.1) is 69.1 Å². The first kappa shape index (κ1) is 35.3. The molecule has 0 nitrogen and oxygen atoms in total. The average molecular weight is 619 g/mol. The van der Waals surface area contributed by atoms with E-state index in [1.165, 1.54) is 43.8 Å². The zero-order valence-electron chi connectivity index (χ0n) is 23.8. The molecule has 0 saturated carbocycles. The maximum absolute atomic E-state index is 2.36. The summed E-state index contributed by atoms with van der Waals surface area (Å²) in [4.78, 5) is 0. The zero-order valence-corrected chi connectivity index (χ0v) is 28.8. The molecule has 0 saturated heterocycles. The van der Waals surface area contributed by atoms with Crippen molar-refractivity contribution in [1.82, 2.24) is 0 Å². The van der Waals surface area contributed by atoms with Crippen molar-refractivity contribution in [2.75, 3.05) is 0 Å². The molecular formula is C32H44Cl2SiZr-2. The summed E-state index contributed by atoms with van der Waals surface area (Å²) >= 11 is 1.74. The third-order valence-corrected chi connectivity index (χ3v) is 6.19. The average Bonchev–Trinajstić information content (AvgIpc) is 3.37. The Kier molecular flexibility index (Phi) is 16.0. The van der Waals surface area contributed by atoms with Crippen LogP contribution >= 0.6 is 0 Å². The molecule has 0 amide bonds. The van der Waals surface area contributed by atoms with Gasteiger partial charge in [-0.2, -0.15) is 12.1 Å². The number of fused-ring (bicyclic) bond motifs is 2. The predicted molar refractivity (Wildman–Crippen MR) is 153 cm³/mol. The van der Waals surface area contributed by atoms with E-state index in [9.17, 15) is 0 Å². The minimum atomic E-state index is 0. The number of hydrogen-bond acceptors (Lipinski definition) is 0. The minimum Gasteiger partial charge on any atom is -1.00 e. The summed E-state index contributed by atoms with van der Waals surface area (Å²) in [7, 11) is 0. The smallest absolute Gasteiger partial charge is 1.00 e. The molecule has 196 valence electrons. The van der Waals surface area contributed by atoms with E-state index in [0.717, 1.165) is 0 Å². The molecule has 0 unspecified atom stereocenters. The van der Waals surface area contributed by atoms with E-state index in [2.05, 4.69) is 129 Å². The van der Waals surface area contributed by atoms with Gasteiger partial charge in [-0.1, -0.05) is 78.6 Å². The van der Waals surface area contributed by atoms with Gasteiger partial charge in [0.25, 0.3) is 0 Å². The van der Waals surface area contributed by atoms with Gasteiger partial charge in [-0.05, 0) is 23.7 Å². The van der Waals surface area contributed by atoms with Crippen molar-refractivity contribution in [2.45, 2.75) is 92.2 Å². The first-order valence-corrected chi connectivity index (χ1v) is 19.0. The Balaban J connectivity index is 0.000000566. The first-order chi connectivity index (χ1) is 15.9. The van der Waals surface area contributed by atoms with Crippen molar-refractivity contribution in [2.24, 2.45) is 0 Å². The van der Waals surface area contributed by atoms with Crippen LogP contribution in [0.25, 0.3) is 21.5 Å². The zero-order chi connectivity index (χ0) is 25.6. The van der Waals surface area contributed by atoms with Crippen molar-refractivity contribution in [3.05, 3.63) is 82.9 Å². The quantitative estimate of drug-likeness (QED) is 0.235. The summed E-state index contributed by atoms with van der Waals surface area (Å²) in [5.41, 5.74) is 6.07. The molecule has 0 radical (unpaired) electrons. The molecule has 0 aliphatic heterocycles. The second-order valence-corrected chi connectivity index (χ2v) is 20.3. The molecule has 0 spiro atoms. The Bertz CT molecular complexity index is 1120. The first-order valence-electron chi connectivity index (χ1n) is 12.8. The van der Waals surface area contributed by atoms with Crippen molar-refractivity contribution >= 4 is 27.0 Å². The molecule has 0 aromatic heterocycles. The van der Waals surface area contributed by atoms with E-state index in [1.54, 1.807) is 23.3 Å². The summed E-state index contributed by atoms with van der Waals surface area (Å²) in [5, 5.41) is 5.67. The van der Waals surface area contributed by atoms with Crippen molar-refractivity contribution < 1.29 is 48.1 Å². The number of benzene rings is 2. The van der Waals surface area contributed by atoms with Gasteiger partial charge in [0.05, 0.1) is 0 Å². The molecule has 36 heavy (non-hydrogen) atoms. The molecule has 0 atom stereocenters. The SMILES string of the molecule is CC(C)c1cc2c(C(C)C)cccc2[cH-]1.CC(C)c1cc2c(C(C)C)cccc2[cH-]1.C[Si](C)=[Zr+2].[Cl-].[Cl-]. The summed E-state index contributed by atoms with van der Waals surface area (Å²) < 4.78 is 0. The Morgan fingerprint density at radius 1 is 0.583 bits per heavy atom. The van der Waals surface area contributed by atoms with E-state index in [-0.39, 0.29) is 30.2 Å². The van der Waals surface area contributed by atoms with E-state index in [4.69, 9.17) is 0 Å². The van der Waals surface area contributed by atoms with Gasteiger partial charge >= 0.3 is 41.9 Å².